The predicted octanol–water partition coefficient (Wildman–Crippen LogP) is 12.2. The fourth-order valence-corrected chi connectivity index (χ4v) is 10.6. The van der Waals surface area contributed by atoms with E-state index in [1.54, 1.807) is 24.5 Å². The Bertz CT molecular complexity index is 3250. The summed E-state index contributed by atoms with van der Waals surface area (Å²) in [6.45, 7) is 22.9. The molecule has 2 saturated heterocycles. The second kappa shape index (κ2) is 31.0. The zero-order valence-electron chi connectivity index (χ0n) is 48.4. The first-order chi connectivity index (χ1) is 40.8. The van der Waals surface area contributed by atoms with E-state index in [2.05, 4.69) is 122 Å². The van der Waals surface area contributed by atoms with E-state index in [9.17, 15) is 9.59 Å². The summed E-state index contributed by atoms with van der Waals surface area (Å²) in [4.78, 5) is 43.9. The molecular formula is C66H74N10O8. The minimum absolute atomic E-state index is 0.328. The molecular weight excluding hydrogens is 1060 g/mol. The Kier molecular flexibility index (Phi) is 22.7. The van der Waals surface area contributed by atoms with Crippen LogP contribution in [0.15, 0.2) is 143 Å². The maximum absolute atomic E-state index is 9.55. The van der Waals surface area contributed by atoms with Gasteiger partial charge in [0, 0.05) is 61.5 Å². The number of benzene rings is 4. The van der Waals surface area contributed by atoms with Gasteiger partial charge in [-0.2, -0.15) is 0 Å². The zero-order valence-corrected chi connectivity index (χ0v) is 48.4. The van der Waals surface area contributed by atoms with Crippen molar-refractivity contribution in [3.05, 3.63) is 202 Å². The maximum Gasteiger partial charge on any atom is 0.328 e. The summed E-state index contributed by atoms with van der Waals surface area (Å²) < 4.78 is 24.2. The number of aryl methyl sites for hydroxylation is 2. The van der Waals surface area contributed by atoms with Crippen molar-refractivity contribution in [3.8, 4) is 11.5 Å². The van der Waals surface area contributed by atoms with Crippen LogP contribution in [0.4, 0.5) is 11.4 Å². The number of aromatic nitrogens is 4. The van der Waals surface area contributed by atoms with Crippen LogP contribution in [0.5, 0.6) is 11.5 Å². The highest BCUT2D eigenvalue weighted by Crippen LogP contribution is 2.35. The van der Waals surface area contributed by atoms with Crippen molar-refractivity contribution in [1.82, 2.24) is 39.9 Å². The fourth-order valence-electron chi connectivity index (χ4n) is 10.6. The van der Waals surface area contributed by atoms with Crippen LogP contribution in [-0.2, 0) is 61.8 Å². The number of hydrogen-bond acceptors (Lipinski definition) is 14. The van der Waals surface area contributed by atoms with Gasteiger partial charge in [0.15, 0.2) is 11.2 Å². The van der Waals surface area contributed by atoms with E-state index < -0.39 is 11.9 Å². The molecule has 18 nitrogen and oxygen atoms in total. The normalized spacial score (nSPS) is 14.2. The maximum atomic E-state index is 9.55. The molecule has 0 atom stereocenters. The SMILES string of the molecule is O=C(O)/C=C/C(=O)O.[C-]#[N+]c1ccc(COc2ccc3c(CCC4CCN(Cc5ccccc5)CC4)noc3c2CN(C)C)nc1.[C-]#[N+]c1ccc(COc2ccc3c(CCC4CCN(Cc5ccccc5)CC4)noc3c2CN(C)C)nc1. The van der Waals surface area contributed by atoms with E-state index in [0.29, 0.717) is 49.8 Å². The van der Waals surface area contributed by atoms with Crippen LogP contribution in [-0.4, -0.2) is 116 Å². The van der Waals surface area contributed by atoms with Crippen molar-refractivity contribution in [2.75, 3.05) is 54.4 Å². The van der Waals surface area contributed by atoms with Gasteiger partial charge in [-0.1, -0.05) is 83.1 Å². The Labute approximate surface area is 491 Å². The number of carboxylic acids is 2. The molecule has 8 aromatic rings. The van der Waals surface area contributed by atoms with Crippen LogP contribution >= 0.6 is 0 Å². The van der Waals surface area contributed by atoms with Gasteiger partial charge in [0.05, 0.1) is 47.0 Å². The first-order valence-electron chi connectivity index (χ1n) is 28.5. The van der Waals surface area contributed by atoms with Gasteiger partial charge in [0.25, 0.3) is 0 Å². The van der Waals surface area contributed by atoms with Crippen LogP contribution in [0.2, 0.25) is 0 Å². The number of piperidine rings is 2. The van der Waals surface area contributed by atoms with Crippen molar-refractivity contribution in [3.63, 3.8) is 0 Å². The molecule has 2 N–H and O–H groups in total. The van der Waals surface area contributed by atoms with Gasteiger partial charge in [-0.15, -0.1) is 0 Å². The lowest BCUT2D eigenvalue weighted by molar-refractivity contribution is -0.134. The number of aliphatic carboxylic acids is 2. The lowest BCUT2D eigenvalue weighted by atomic mass is 9.91. The second-order valence-electron chi connectivity index (χ2n) is 21.9. The first-order valence-corrected chi connectivity index (χ1v) is 28.5. The van der Waals surface area contributed by atoms with Crippen LogP contribution in [0.25, 0.3) is 31.6 Å². The van der Waals surface area contributed by atoms with Crippen molar-refractivity contribution < 1.29 is 38.3 Å². The fraction of sp³-hybridized carbons (Fsp3) is 0.364. The third-order valence-electron chi connectivity index (χ3n) is 15.0. The number of ether oxygens (including phenoxy) is 2. The lowest BCUT2D eigenvalue weighted by Crippen LogP contribution is -2.33. The number of carbonyl (C=O) groups is 2. The van der Waals surface area contributed by atoms with Crippen LogP contribution < -0.4 is 9.47 Å². The topological polar surface area (TPSA) is 193 Å². The molecule has 0 unspecified atom stereocenters. The summed E-state index contributed by atoms with van der Waals surface area (Å²) in [5, 5.41) is 26.8. The Morgan fingerprint density at radius 3 is 1.31 bits per heavy atom. The number of likely N-dealkylation sites (tertiary alicyclic amines) is 2. The molecule has 6 heterocycles. The highest BCUT2D eigenvalue weighted by Gasteiger charge is 2.24. The molecule has 4 aromatic carbocycles. The molecule has 2 aliphatic rings. The third kappa shape index (κ3) is 18.4. The summed E-state index contributed by atoms with van der Waals surface area (Å²) in [5.41, 5.74) is 11.1. The van der Waals surface area contributed by atoms with E-state index >= 15 is 0 Å². The molecule has 0 spiro atoms. The van der Waals surface area contributed by atoms with Crippen LogP contribution in [0.3, 0.4) is 0 Å². The monoisotopic (exact) mass is 1130 g/mol. The number of fused-ring (bicyclic) bond motifs is 2. The average Bonchev–Trinajstić information content (AvgIpc) is 4.35. The molecule has 4 aromatic heterocycles. The number of pyridine rings is 2. The van der Waals surface area contributed by atoms with E-state index in [4.69, 9.17) is 41.9 Å². The molecule has 0 bridgehead atoms. The van der Waals surface area contributed by atoms with E-state index in [1.165, 1.54) is 36.8 Å². The minimum atomic E-state index is -1.26. The molecule has 436 valence electrons. The van der Waals surface area contributed by atoms with Crippen LogP contribution in [0.1, 0.15) is 83.6 Å². The Morgan fingerprint density at radius 2 is 0.976 bits per heavy atom. The summed E-state index contributed by atoms with van der Waals surface area (Å²) in [6.07, 6.45) is 13.3. The summed E-state index contributed by atoms with van der Waals surface area (Å²) in [5.74, 6) is 0.477. The molecule has 10 rings (SSSR count). The molecule has 2 fully saturated rings. The Balaban J connectivity index is 0.000000194. The van der Waals surface area contributed by atoms with Gasteiger partial charge in [-0.05, 0) is 165 Å². The van der Waals surface area contributed by atoms with E-state index in [-0.39, 0.29) is 0 Å². The van der Waals surface area contributed by atoms with E-state index in [0.717, 1.165) is 144 Å². The molecule has 0 aliphatic carbocycles. The second-order valence-corrected chi connectivity index (χ2v) is 21.9. The van der Waals surface area contributed by atoms with Gasteiger partial charge in [-0.3, -0.25) is 19.8 Å². The largest absolute Gasteiger partial charge is 0.487 e. The highest BCUT2D eigenvalue weighted by atomic mass is 16.5. The molecule has 0 amide bonds. The van der Waals surface area contributed by atoms with Gasteiger partial charge in [0.2, 0.25) is 11.4 Å². The van der Waals surface area contributed by atoms with Gasteiger partial charge in [-0.25, -0.2) is 19.3 Å². The lowest BCUT2D eigenvalue weighted by Gasteiger charge is -2.31. The van der Waals surface area contributed by atoms with Crippen molar-refractivity contribution in [1.29, 1.82) is 0 Å². The molecule has 2 aliphatic heterocycles. The van der Waals surface area contributed by atoms with Crippen molar-refractivity contribution in [2.24, 2.45) is 11.8 Å². The van der Waals surface area contributed by atoms with Crippen LogP contribution in [0, 0.1) is 25.0 Å². The van der Waals surface area contributed by atoms with Crippen molar-refractivity contribution >= 4 is 45.3 Å². The summed E-state index contributed by atoms with van der Waals surface area (Å²) in [7, 11) is 8.15. The smallest absolute Gasteiger partial charge is 0.328 e. The van der Waals surface area contributed by atoms with E-state index in [1.807, 2.05) is 52.5 Å². The standard InChI is InChI=1S/2C31H35N5O2.C4H4O4/c2*1-32-25-10-11-26(33-19-25)22-37-30-14-12-27-29(34-38-31(27)28(30)21-35(2)3)13-9-23-15-17-36(18-16-23)20-24-7-5-4-6-8-24;5-3(6)1-2-4(7)8/h2*4-8,10-12,14,19,23H,9,13,15-18,20-22H2,2-3H3;1-2H,(H,5,6)(H,7,8)/b;;2-1+. The van der Waals surface area contributed by atoms with Gasteiger partial charge >= 0.3 is 11.9 Å². The number of nitrogens with zero attached hydrogens (tertiary/aromatic N) is 10. The quantitative estimate of drug-likeness (QED) is 0.0480. The highest BCUT2D eigenvalue weighted by molar-refractivity contribution is 5.89. The Morgan fingerprint density at radius 1 is 0.583 bits per heavy atom. The van der Waals surface area contributed by atoms with Gasteiger partial charge in [0.1, 0.15) is 24.7 Å². The Hall–Kier alpha value is -8.78. The summed E-state index contributed by atoms with van der Waals surface area (Å²) >= 11 is 0. The van der Waals surface area contributed by atoms with Gasteiger partial charge < -0.3 is 38.5 Å². The molecule has 18 heteroatoms. The summed E-state index contributed by atoms with van der Waals surface area (Å²) in [6, 6.07) is 36.9. The number of carboxylic acid groups (broad SMARTS) is 2. The number of rotatable bonds is 22. The minimum Gasteiger partial charge on any atom is -0.487 e. The third-order valence-corrected chi connectivity index (χ3v) is 15.0. The predicted molar refractivity (Wildman–Crippen MR) is 322 cm³/mol. The molecule has 84 heavy (non-hydrogen) atoms. The zero-order chi connectivity index (χ0) is 59.2. The van der Waals surface area contributed by atoms with Crippen molar-refractivity contribution in [2.45, 2.75) is 90.8 Å². The molecule has 0 radical (unpaired) electrons. The first kappa shape index (κ1) is 61.3. The molecule has 0 saturated carbocycles. The number of hydrogen-bond donors (Lipinski definition) is 2. The average molecular weight is 1140 g/mol.